The zero-order valence-corrected chi connectivity index (χ0v) is 24.2. The summed E-state index contributed by atoms with van der Waals surface area (Å²) in [4.78, 5) is 33.8. The maximum atomic E-state index is 13.3. The van der Waals surface area contributed by atoms with Crippen molar-refractivity contribution in [2.75, 3.05) is 32.7 Å². The molecule has 2 fully saturated rings. The van der Waals surface area contributed by atoms with Gasteiger partial charge in [-0.2, -0.15) is 18.3 Å². The second-order valence-electron chi connectivity index (χ2n) is 12.0. The summed E-state index contributed by atoms with van der Waals surface area (Å²) >= 11 is 0. The average molecular weight is 595 g/mol. The Morgan fingerprint density at radius 3 is 2.53 bits per heavy atom. The summed E-state index contributed by atoms with van der Waals surface area (Å²) in [5, 5.41) is 8.35. The SMILES string of the molecule is O=C(CCC(F)(F)F)N1CC=C(c2cccn3nc(Cc4ccc(C(=O)N5CCCC6(CCCCN6)C5)cc4)nc23)CC1. The molecule has 11 heteroatoms. The van der Waals surface area contributed by atoms with Gasteiger partial charge in [0.05, 0.1) is 6.42 Å². The highest BCUT2D eigenvalue weighted by molar-refractivity contribution is 5.94. The van der Waals surface area contributed by atoms with Gasteiger partial charge in [0, 0.05) is 61.9 Å². The summed E-state index contributed by atoms with van der Waals surface area (Å²) < 4.78 is 39.3. The number of pyridine rings is 1. The number of aromatic nitrogens is 3. The van der Waals surface area contributed by atoms with Gasteiger partial charge in [0.2, 0.25) is 5.91 Å². The number of hydrogen-bond acceptors (Lipinski definition) is 5. The lowest BCUT2D eigenvalue weighted by atomic mass is 9.81. The third-order valence-corrected chi connectivity index (χ3v) is 8.95. The summed E-state index contributed by atoms with van der Waals surface area (Å²) in [5.74, 6) is 0.243. The van der Waals surface area contributed by atoms with Crippen LogP contribution in [0, 0.1) is 0 Å². The van der Waals surface area contributed by atoms with E-state index in [0.29, 0.717) is 36.4 Å². The van der Waals surface area contributed by atoms with Crippen molar-refractivity contribution in [2.24, 2.45) is 0 Å². The molecule has 3 aliphatic heterocycles. The molecule has 0 radical (unpaired) electrons. The number of carbonyl (C=O) groups is 2. The molecular weight excluding hydrogens is 557 g/mol. The minimum absolute atomic E-state index is 0.0703. The quantitative estimate of drug-likeness (QED) is 0.433. The third kappa shape index (κ3) is 6.76. The van der Waals surface area contributed by atoms with Gasteiger partial charge >= 0.3 is 6.18 Å². The molecule has 3 aliphatic rings. The Bertz CT molecular complexity index is 1500. The van der Waals surface area contributed by atoms with Gasteiger partial charge in [-0.25, -0.2) is 9.50 Å². The van der Waals surface area contributed by atoms with Gasteiger partial charge in [-0.1, -0.05) is 24.6 Å². The van der Waals surface area contributed by atoms with Crippen LogP contribution >= 0.6 is 0 Å². The topological polar surface area (TPSA) is 82.8 Å². The molecule has 2 amide bonds. The van der Waals surface area contributed by atoms with E-state index in [1.165, 1.54) is 17.7 Å². The minimum atomic E-state index is -4.34. The molecule has 228 valence electrons. The maximum absolute atomic E-state index is 13.3. The highest BCUT2D eigenvalue weighted by Gasteiger charge is 2.38. The molecule has 8 nitrogen and oxygen atoms in total. The van der Waals surface area contributed by atoms with Crippen molar-refractivity contribution >= 4 is 23.0 Å². The van der Waals surface area contributed by atoms with E-state index in [4.69, 9.17) is 4.98 Å². The first-order valence-electron chi connectivity index (χ1n) is 15.2. The lowest BCUT2D eigenvalue weighted by Crippen LogP contribution is -2.59. The molecule has 1 atom stereocenters. The van der Waals surface area contributed by atoms with Gasteiger partial charge in [-0.3, -0.25) is 9.59 Å². The number of nitrogens with one attached hydrogen (secondary N) is 1. The van der Waals surface area contributed by atoms with Crippen LogP contribution in [0.3, 0.4) is 0 Å². The number of alkyl halides is 3. The summed E-state index contributed by atoms with van der Waals surface area (Å²) in [7, 11) is 0. The number of hydrogen-bond donors (Lipinski definition) is 1. The number of rotatable bonds is 6. The molecule has 0 aliphatic carbocycles. The third-order valence-electron chi connectivity index (χ3n) is 8.95. The van der Waals surface area contributed by atoms with Crippen LogP contribution in [0.2, 0.25) is 0 Å². The molecule has 0 bridgehead atoms. The number of amides is 2. The Balaban J connectivity index is 1.10. The second kappa shape index (κ2) is 12.1. The van der Waals surface area contributed by atoms with E-state index in [1.807, 2.05) is 53.6 Å². The average Bonchev–Trinajstić information content (AvgIpc) is 3.43. The molecule has 1 N–H and O–H groups in total. The van der Waals surface area contributed by atoms with Crippen LogP contribution in [0.4, 0.5) is 13.2 Å². The number of likely N-dealkylation sites (tertiary alicyclic amines) is 1. The monoisotopic (exact) mass is 594 g/mol. The van der Waals surface area contributed by atoms with E-state index < -0.39 is 24.9 Å². The summed E-state index contributed by atoms with van der Waals surface area (Å²) in [6.07, 6.45) is 4.50. The van der Waals surface area contributed by atoms with Crippen molar-refractivity contribution in [3.8, 4) is 0 Å². The number of piperidine rings is 2. The maximum Gasteiger partial charge on any atom is 0.389 e. The van der Waals surface area contributed by atoms with Crippen LogP contribution in [0.5, 0.6) is 0 Å². The number of fused-ring (bicyclic) bond motifs is 1. The highest BCUT2D eigenvalue weighted by atomic mass is 19.4. The molecule has 3 aromatic rings. The molecule has 6 rings (SSSR count). The van der Waals surface area contributed by atoms with E-state index in [1.54, 1.807) is 4.52 Å². The van der Waals surface area contributed by atoms with Gasteiger partial charge in [0.1, 0.15) is 0 Å². The zero-order valence-electron chi connectivity index (χ0n) is 24.2. The van der Waals surface area contributed by atoms with Gasteiger partial charge in [-0.15, -0.1) is 0 Å². The van der Waals surface area contributed by atoms with Gasteiger partial charge in [-0.05, 0) is 74.1 Å². The Morgan fingerprint density at radius 1 is 1.00 bits per heavy atom. The smallest absolute Gasteiger partial charge is 0.339 e. The van der Waals surface area contributed by atoms with Crippen molar-refractivity contribution < 1.29 is 22.8 Å². The zero-order chi connectivity index (χ0) is 30.0. The van der Waals surface area contributed by atoms with Crippen molar-refractivity contribution in [1.29, 1.82) is 0 Å². The van der Waals surface area contributed by atoms with E-state index in [0.717, 1.165) is 55.6 Å². The van der Waals surface area contributed by atoms with Crippen molar-refractivity contribution in [1.82, 2.24) is 29.7 Å². The molecule has 2 aromatic heterocycles. The molecule has 1 unspecified atom stereocenters. The summed E-state index contributed by atoms with van der Waals surface area (Å²) in [6, 6.07) is 11.6. The van der Waals surface area contributed by atoms with Gasteiger partial charge in [0.25, 0.3) is 5.91 Å². The number of carbonyl (C=O) groups excluding carboxylic acids is 2. The van der Waals surface area contributed by atoms with Crippen LogP contribution in [0.15, 0.2) is 48.7 Å². The van der Waals surface area contributed by atoms with Crippen LogP contribution in [-0.2, 0) is 11.2 Å². The molecule has 2 saturated heterocycles. The number of benzene rings is 1. The summed E-state index contributed by atoms with van der Waals surface area (Å²) in [5.41, 5.74) is 4.36. The predicted octanol–water partition coefficient (Wildman–Crippen LogP) is 5.03. The predicted molar refractivity (Wildman–Crippen MR) is 156 cm³/mol. The first-order valence-corrected chi connectivity index (χ1v) is 15.2. The molecule has 5 heterocycles. The van der Waals surface area contributed by atoms with E-state index in [2.05, 4.69) is 10.4 Å². The van der Waals surface area contributed by atoms with Crippen LogP contribution in [0.25, 0.3) is 11.2 Å². The Kier molecular flexibility index (Phi) is 8.26. The summed E-state index contributed by atoms with van der Waals surface area (Å²) in [6.45, 7) is 3.23. The molecular formula is C32H37F3N6O2. The fraction of sp³-hybridized carbons (Fsp3) is 0.500. The van der Waals surface area contributed by atoms with Gasteiger partial charge in [0.15, 0.2) is 11.5 Å². The largest absolute Gasteiger partial charge is 0.389 e. The van der Waals surface area contributed by atoms with Crippen molar-refractivity contribution in [2.45, 2.75) is 69.5 Å². The number of nitrogens with zero attached hydrogens (tertiary/aromatic N) is 5. The normalized spacial score (nSPS) is 21.3. The second-order valence-corrected chi connectivity index (χ2v) is 12.0. The first kappa shape index (κ1) is 29.3. The van der Waals surface area contributed by atoms with E-state index in [9.17, 15) is 22.8 Å². The molecule has 0 saturated carbocycles. The Hall–Kier alpha value is -3.73. The van der Waals surface area contributed by atoms with E-state index in [-0.39, 0.29) is 18.0 Å². The minimum Gasteiger partial charge on any atom is -0.339 e. The Labute approximate surface area is 248 Å². The van der Waals surface area contributed by atoms with Crippen molar-refractivity contribution in [3.05, 3.63) is 71.2 Å². The van der Waals surface area contributed by atoms with E-state index >= 15 is 0 Å². The molecule has 1 aromatic carbocycles. The number of halogens is 3. The first-order chi connectivity index (χ1) is 20.7. The van der Waals surface area contributed by atoms with Crippen LogP contribution < -0.4 is 5.32 Å². The molecule has 1 spiro atoms. The Morgan fingerprint density at radius 2 is 1.81 bits per heavy atom. The van der Waals surface area contributed by atoms with Crippen LogP contribution in [-0.4, -0.2) is 80.7 Å². The fourth-order valence-electron chi connectivity index (χ4n) is 6.64. The highest BCUT2D eigenvalue weighted by Crippen LogP contribution is 2.31. The van der Waals surface area contributed by atoms with Crippen LogP contribution in [0.1, 0.15) is 78.7 Å². The molecule has 43 heavy (non-hydrogen) atoms. The standard InChI is InChI=1S/C32H37F3N6O2/c33-32(34,35)15-10-28(42)39-19-11-24(12-20-39)26-5-3-18-41-29(26)37-27(38-41)21-23-6-8-25(9-7-23)30(43)40-17-4-14-31(22-40)13-1-2-16-36-31/h3,5-9,11,18,36H,1-2,4,10,12-17,19-22H2. The lowest BCUT2D eigenvalue weighted by molar-refractivity contribution is -0.148. The fourth-order valence-corrected chi connectivity index (χ4v) is 6.64. The van der Waals surface area contributed by atoms with Crippen molar-refractivity contribution in [3.63, 3.8) is 0 Å². The van der Waals surface area contributed by atoms with Gasteiger partial charge < -0.3 is 15.1 Å². The lowest BCUT2D eigenvalue weighted by Gasteiger charge is -2.46.